The summed E-state index contributed by atoms with van der Waals surface area (Å²) in [7, 11) is 0. The number of hydrogen-bond donors (Lipinski definition) is 0. The molecule has 0 bridgehead atoms. The second-order valence-corrected chi connectivity index (χ2v) is 12.0. The Hall–Kier alpha value is -0.780. The molecule has 31 heavy (non-hydrogen) atoms. The van der Waals surface area contributed by atoms with Gasteiger partial charge in [0.15, 0.2) is 0 Å². The Morgan fingerprint density at radius 1 is 0.935 bits per heavy atom. The molecule has 0 aromatic heterocycles. The van der Waals surface area contributed by atoms with Crippen LogP contribution in [-0.2, 0) is 0 Å². The largest absolute Gasteiger partial charge is 0.103 e. The molecule has 0 amide bonds. The maximum atomic E-state index is 4.45. The topological polar surface area (TPSA) is 0 Å². The van der Waals surface area contributed by atoms with E-state index in [0.717, 1.165) is 36.0 Å². The fraction of sp³-hybridized carbons (Fsp3) is 0.806. The first-order chi connectivity index (χ1) is 14.9. The molecule has 0 N–H and O–H groups in total. The minimum absolute atomic E-state index is 0.429. The van der Waals surface area contributed by atoms with Gasteiger partial charge in [-0.2, -0.15) is 0 Å². The van der Waals surface area contributed by atoms with Gasteiger partial charge in [-0.1, -0.05) is 70.3 Å². The third-order valence-electron chi connectivity index (χ3n) is 10.6. The van der Waals surface area contributed by atoms with Gasteiger partial charge in [0, 0.05) is 0 Å². The first kappa shape index (κ1) is 24.9. The van der Waals surface area contributed by atoms with Crippen LogP contribution in [0.25, 0.3) is 0 Å². The van der Waals surface area contributed by atoms with Gasteiger partial charge in [0.1, 0.15) is 0 Å². The van der Waals surface area contributed by atoms with Crippen molar-refractivity contribution in [3.8, 4) is 0 Å². The Morgan fingerprint density at radius 3 is 2.39 bits per heavy atom. The van der Waals surface area contributed by atoms with Crippen LogP contribution in [0.5, 0.6) is 0 Å². The second-order valence-electron chi connectivity index (χ2n) is 12.0. The molecule has 0 nitrogen and oxygen atoms in total. The highest BCUT2D eigenvalue weighted by Crippen LogP contribution is 2.59. The molecule has 0 heterocycles. The summed E-state index contributed by atoms with van der Waals surface area (Å²) < 4.78 is 0. The molecule has 0 saturated heterocycles. The number of allylic oxidation sites excluding steroid dienone is 4. The lowest BCUT2D eigenvalue weighted by atomic mass is 9.54. The van der Waals surface area contributed by atoms with Crippen molar-refractivity contribution in [2.24, 2.45) is 40.4 Å². The van der Waals surface area contributed by atoms with E-state index in [0.29, 0.717) is 10.8 Å². The third kappa shape index (κ3) is 5.42. The second kappa shape index (κ2) is 10.9. The molecule has 0 heteroatoms. The van der Waals surface area contributed by atoms with E-state index in [2.05, 4.69) is 59.1 Å². The minimum atomic E-state index is 0.429. The summed E-state index contributed by atoms with van der Waals surface area (Å²) in [5.74, 6) is 4.36. The molecule has 2 unspecified atom stereocenters. The molecule has 3 saturated carbocycles. The van der Waals surface area contributed by atoms with Crippen molar-refractivity contribution in [1.82, 2.24) is 0 Å². The fourth-order valence-electron chi connectivity index (χ4n) is 8.00. The smallest absolute Gasteiger partial charge is 0.00896 e. The summed E-state index contributed by atoms with van der Waals surface area (Å²) in [5.41, 5.74) is 2.64. The van der Waals surface area contributed by atoms with Crippen LogP contribution in [0.1, 0.15) is 118 Å². The van der Waals surface area contributed by atoms with Crippen LogP contribution in [0.3, 0.4) is 0 Å². The van der Waals surface area contributed by atoms with Crippen LogP contribution in [0, 0.1) is 40.4 Å². The molecule has 3 fully saturated rings. The molecule has 0 radical (unpaired) electrons. The summed E-state index contributed by atoms with van der Waals surface area (Å²) in [5, 5.41) is 0. The van der Waals surface area contributed by atoms with Gasteiger partial charge in [0.25, 0.3) is 0 Å². The quantitative estimate of drug-likeness (QED) is 0.385. The van der Waals surface area contributed by atoms with Crippen molar-refractivity contribution in [2.75, 3.05) is 0 Å². The lowest BCUT2D eigenvalue weighted by molar-refractivity contribution is 0.0149. The van der Waals surface area contributed by atoms with Crippen molar-refractivity contribution >= 4 is 0 Å². The van der Waals surface area contributed by atoms with E-state index < -0.39 is 0 Å². The summed E-state index contributed by atoms with van der Waals surface area (Å²) in [4.78, 5) is 0. The Balaban J connectivity index is 1.82. The van der Waals surface area contributed by atoms with Gasteiger partial charge >= 0.3 is 0 Å². The Labute approximate surface area is 195 Å². The fourth-order valence-corrected chi connectivity index (χ4v) is 8.00. The number of fused-ring (bicyclic) bond motifs is 3. The lowest BCUT2D eigenvalue weighted by Crippen LogP contribution is -2.42. The van der Waals surface area contributed by atoms with E-state index in [-0.39, 0.29) is 0 Å². The highest BCUT2D eigenvalue weighted by molar-refractivity contribution is 5.12. The van der Waals surface area contributed by atoms with Crippen LogP contribution in [-0.4, -0.2) is 0 Å². The zero-order valence-corrected chi connectivity index (χ0v) is 21.4. The molecule has 0 aliphatic heterocycles. The molecule has 7 atom stereocenters. The van der Waals surface area contributed by atoms with E-state index in [9.17, 15) is 0 Å². The van der Waals surface area contributed by atoms with Crippen LogP contribution in [0.15, 0.2) is 37.0 Å². The number of rotatable bonds is 5. The molecule has 3 aliphatic carbocycles. The van der Waals surface area contributed by atoms with Crippen molar-refractivity contribution in [1.29, 1.82) is 0 Å². The van der Waals surface area contributed by atoms with Crippen LogP contribution < -0.4 is 0 Å². The van der Waals surface area contributed by atoms with Crippen molar-refractivity contribution < 1.29 is 0 Å². The predicted octanol–water partition coefficient (Wildman–Crippen LogP) is 9.92. The maximum Gasteiger partial charge on any atom is -0.00896 e. The third-order valence-corrected chi connectivity index (χ3v) is 10.6. The van der Waals surface area contributed by atoms with E-state index in [1.165, 1.54) is 83.5 Å². The van der Waals surface area contributed by atoms with Crippen LogP contribution in [0.2, 0.25) is 0 Å². The van der Waals surface area contributed by atoms with E-state index in [1.807, 2.05) is 0 Å². The van der Waals surface area contributed by atoms with Gasteiger partial charge in [-0.25, -0.2) is 0 Å². The van der Waals surface area contributed by atoms with Crippen molar-refractivity contribution in [2.45, 2.75) is 118 Å². The summed E-state index contributed by atoms with van der Waals surface area (Å²) in [6.45, 7) is 18.3. The van der Waals surface area contributed by atoms with E-state index >= 15 is 0 Å². The zero-order chi connectivity index (χ0) is 22.5. The van der Waals surface area contributed by atoms with Crippen molar-refractivity contribution in [3.05, 3.63) is 37.0 Å². The summed E-state index contributed by atoms with van der Waals surface area (Å²) >= 11 is 0. The van der Waals surface area contributed by atoms with Gasteiger partial charge in [0.05, 0.1) is 0 Å². The highest BCUT2D eigenvalue weighted by Gasteiger charge is 2.49. The van der Waals surface area contributed by atoms with Crippen molar-refractivity contribution in [3.63, 3.8) is 0 Å². The monoisotopic (exact) mass is 424 g/mol. The molecule has 0 aromatic carbocycles. The van der Waals surface area contributed by atoms with Gasteiger partial charge in [0.2, 0.25) is 0 Å². The lowest BCUT2D eigenvalue weighted by Gasteiger charge is -2.51. The van der Waals surface area contributed by atoms with Gasteiger partial charge in [-0.3, -0.25) is 0 Å². The SMILES string of the molecule is C=CC/C(=C\C)[C@H]1CCCC[C@@H]2CCC3(C=C)CC[C@@](C)(CC)CC[C@@H]3C2CC[C@@H]1C. The average Bonchev–Trinajstić information content (AvgIpc) is 2.94. The standard InChI is InChI=1S/C31H52/c1-7-13-25(8-2)27-15-12-11-14-26-18-21-31(10-4)23-22-30(6,9-3)20-19-29(31)28(26)17-16-24(27)5/h7-8,10,24,26-29H,1,4,9,11-23H2,2-3,5-6H3/b25-8+/t24-,26+,27-,28?,29+,30-,31?/m0/s1. The maximum absolute atomic E-state index is 4.45. The van der Waals surface area contributed by atoms with Gasteiger partial charge in [-0.05, 0) is 112 Å². The molecule has 0 aromatic rings. The number of hydrogen-bond acceptors (Lipinski definition) is 0. The van der Waals surface area contributed by atoms with Gasteiger partial charge < -0.3 is 0 Å². The first-order valence-electron chi connectivity index (χ1n) is 13.8. The van der Waals surface area contributed by atoms with Crippen LogP contribution >= 0.6 is 0 Å². The van der Waals surface area contributed by atoms with E-state index in [4.69, 9.17) is 0 Å². The normalized spacial score (nSPS) is 42.6. The average molecular weight is 425 g/mol. The van der Waals surface area contributed by atoms with Gasteiger partial charge in [-0.15, -0.1) is 13.2 Å². The minimum Gasteiger partial charge on any atom is -0.103 e. The first-order valence-corrected chi connectivity index (χ1v) is 13.8. The Bertz CT molecular complexity index is 626. The zero-order valence-electron chi connectivity index (χ0n) is 21.4. The summed E-state index contributed by atoms with van der Waals surface area (Å²) in [6.07, 6.45) is 26.6. The predicted molar refractivity (Wildman–Crippen MR) is 138 cm³/mol. The van der Waals surface area contributed by atoms with E-state index in [1.54, 1.807) is 5.57 Å². The Kier molecular flexibility index (Phi) is 8.73. The molecule has 3 rings (SSSR count). The molecular weight excluding hydrogens is 372 g/mol. The molecular formula is C31H52. The molecule has 176 valence electrons. The highest BCUT2D eigenvalue weighted by atomic mass is 14.5. The molecule has 3 aliphatic rings. The summed E-state index contributed by atoms with van der Waals surface area (Å²) in [6, 6.07) is 0. The molecule has 0 spiro atoms. The Morgan fingerprint density at radius 2 is 1.71 bits per heavy atom. The van der Waals surface area contributed by atoms with Crippen LogP contribution in [0.4, 0.5) is 0 Å².